The van der Waals surface area contributed by atoms with Gasteiger partial charge in [-0.3, -0.25) is 0 Å². The number of benzene rings is 1. The smallest absolute Gasteiger partial charge is 0.407 e. The number of alkyl carbamates (subject to hydrolysis) is 1. The van der Waals surface area contributed by atoms with Gasteiger partial charge in [-0.25, -0.2) is 9.59 Å². The van der Waals surface area contributed by atoms with Gasteiger partial charge in [0.1, 0.15) is 25.6 Å². The van der Waals surface area contributed by atoms with Gasteiger partial charge in [-0.15, -0.1) is 0 Å². The van der Waals surface area contributed by atoms with Crippen LogP contribution in [0.15, 0.2) is 36.4 Å². The predicted octanol–water partition coefficient (Wildman–Crippen LogP) is 2.72. The zero-order valence-corrected chi connectivity index (χ0v) is 13.6. The van der Waals surface area contributed by atoms with E-state index in [0.29, 0.717) is 5.57 Å². The topological polar surface area (TPSA) is 73.9 Å². The number of nitrogens with one attached hydrogen (secondary N) is 1. The monoisotopic (exact) mass is 323 g/mol. The van der Waals surface area contributed by atoms with Gasteiger partial charge in [0.25, 0.3) is 0 Å². The number of amides is 1. The highest BCUT2D eigenvalue weighted by molar-refractivity contribution is 5.86. The lowest BCUT2D eigenvalue weighted by atomic mass is 10.2. The van der Waals surface area contributed by atoms with Crippen LogP contribution in [0.25, 0.3) is 0 Å². The van der Waals surface area contributed by atoms with Crippen LogP contribution in [-0.2, 0) is 20.7 Å². The van der Waals surface area contributed by atoms with Crippen molar-refractivity contribution in [3.05, 3.63) is 42.0 Å². The number of ether oxygens (including phenoxy) is 3. The third kappa shape index (κ3) is 7.90. The highest BCUT2D eigenvalue weighted by atomic mass is 16.6. The van der Waals surface area contributed by atoms with Crippen LogP contribution in [-0.4, -0.2) is 38.4 Å². The second kappa shape index (κ2) is 10.3. The van der Waals surface area contributed by atoms with Crippen molar-refractivity contribution in [2.24, 2.45) is 0 Å². The van der Waals surface area contributed by atoms with Gasteiger partial charge in [0, 0.05) is 7.00 Å². The van der Waals surface area contributed by atoms with E-state index in [-0.39, 0.29) is 27.8 Å². The Morgan fingerprint density at radius 1 is 1.13 bits per heavy atom. The maximum absolute atomic E-state index is 11.4. The maximum atomic E-state index is 11.4. The van der Waals surface area contributed by atoms with Crippen LogP contribution in [0.4, 0.5) is 4.79 Å². The number of carbonyl (C=O) groups excluding carboxylic acids is 2. The van der Waals surface area contributed by atoms with Gasteiger partial charge in [-0.2, -0.15) is 0 Å². The number of rotatable bonds is 9. The van der Waals surface area contributed by atoms with E-state index < -0.39 is 12.1 Å². The summed E-state index contributed by atoms with van der Waals surface area (Å²) in [4.78, 5) is 22.5. The summed E-state index contributed by atoms with van der Waals surface area (Å²) in [5.74, 6) is 0.251. The van der Waals surface area contributed by atoms with E-state index in [1.807, 2.05) is 24.3 Å². The Morgan fingerprint density at radius 3 is 2.43 bits per heavy atom. The Hall–Kier alpha value is -2.50. The van der Waals surface area contributed by atoms with Crippen molar-refractivity contribution >= 4 is 12.1 Å². The molecule has 0 saturated carbocycles. The fourth-order valence-corrected chi connectivity index (χ4v) is 1.59. The van der Waals surface area contributed by atoms with Crippen LogP contribution in [0.2, 0.25) is 0 Å². The quantitative estimate of drug-likeness (QED) is 0.430. The molecule has 0 bridgehead atoms. The van der Waals surface area contributed by atoms with Crippen molar-refractivity contribution in [1.29, 1.82) is 0 Å². The SMILES string of the molecule is C=C(C)C(=O)OCCNC(=O)OCCOc1ccc(CC)cc1.[HH]. The first-order chi connectivity index (χ1) is 11.0. The molecule has 1 N–H and O–H groups in total. The van der Waals surface area contributed by atoms with Crippen LogP contribution in [0.3, 0.4) is 0 Å². The summed E-state index contributed by atoms with van der Waals surface area (Å²) >= 11 is 0. The first kappa shape index (κ1) is 18.5. The van der Waals surface area contributed by atoms with E-state index in [1.165, 1.54) is 5.56 Å². The highest BCUT2D eigenvalue weighted by Crippen LogP contribution is 2.12. The van der Waals surface area contributed by atoms with Crippen LogP contribution in [0.1, 0.15) is 20.8 Å². The molecule has 0 saturated heterocycles. The molecule has 0 fully saturated rings. The molecular formula is C17H25NO5. The van der Waals surface area contributed by atoms with E-state index >= 15 is 0 Å². The lowest BCUT2D eigenvalue weighted by Crippen LogP contribution is -2.29. The lowest BCUT2D eigenvalue weighted by molar-refractivity contribution is -0.138. The van der Waals surface area contributed by atoms with Crippen molar-refractivity contribution in [3.8, 4) is 5.75 Å². The van der Waals surface area contributed by atoms with Gasteiger partial charge in [-0.05, 0) is 31.0 Å². The number of carbonyl (C=O) groups is 2. The van der Waals surface area contributed by atoms with Crippen LogP contribution < -0.4 is 10.1 Å². The number of aryl methyl sites for hydroxylation is 1. The standard InChI is InChI=1S/C17H23NO5.H2/c1-4-14-5-7-15(8-6-14)21-11-12-23-17(20)18-9-10-22-16(19)13(2)3;/h5-8H,2,4,9-12H2,1,3H3,(H,18,20);1H. The molecule has 1 rings (SSSR count). The summed E-state index contributed by atoms with van der Waals surface area (Å²) in [6.07, 6.45) is 0.395. The summed E-state index contributed by atoms with van der Waals surface area (Å²) < 4.78 is 15.2. The number of hydrogen-bond donors (Lipinski definition) is 1. The molecule has 0 radical (unpaired) electrons. The molecule has 23 heavy (non-hydrogen) atoms. The number of esters is 1. The molecule has 6 nitrogen and oxygen atoms in total. The van der Waals surface area contributed by atoms with E-state index in [4.69, 9.17) is 14.2 Å². The average Bonchev–Trinajstić information content (AvgIpc) is 2.55. The number of hydrogen-bond acceptors (Lipinski definition) is 5. The van der Waals surface area contributed by atoms with Crippen LogP contribution >= 0.6 is 0 Å². The van der Waals surface area contributed by atoms with Gasteiger partial charge >= 0.3 is 12.1 Å². The molecule has 1 aromatic carbocycles. The molecular weight excluding hydrogens is 298 g/mol. The largest absolute Gasteiger partial charge is 0.490 e. The molecule has 0 aliphatic heterocycles. The fourth-order valence-electron chi connectivity index (χ4n) is 1.59. The van der Waals surface area contributed by atoms with Crippen molar-refractivity contribution in [2.75, 3.05) is 26.4 Å². The summed E-state index contributed by atoms with van der Waals surface area (Å²) in [5, 5.41) is 2.47. The molecule has 0 aromatic heterocycles. The van der Waals surface area contributed by atoms with Crippen molar-refractivity contribution in [2.45, 2.75) is 20.3 Å². The van der Waals surface area contributed by atoms with Crippen LogP contribution in [0.5, 0.6) is 5.75 Å². The van der Waals surface area contributed by atoms with Gasteiger partial charge < -0.3 is 19.5 Å². The Balaban J connectivity index is 0.00000529. The first-order valence-corrected chi connectivity index (χ1v) is 7.48. The van der Waals surface area contributed by atoms with Crippen molar-refractivity contribution in [1.82, 2.24) is 5.32 Å². The Morgan fingerprint density at radius 2 is 1.83 bits per heavy atom. The van der Waals surface area contributed by atoms with Gasteiger partial charge in [0.2, 0.25) is 0 Å². The Kier molecular flexibility index (Phi) is 8.28. The molecule has 0 aliphatic carbocycles. The predicted molar refractivity (Wildman–Crippen MR) is 88.6 cm³/mol. The van der Waals surface area contributed by atoms with Gasteiger partial charge in [0.15, 0.2) is 0 Å². The molecule has 0 aliphatic rings. The first-order valence-electron chi connectivity index (χ1n) is 7.48. The maximum Gasteiger partial charge on any atom is 0.407 e. The van der Waals surface area contributed by atoms with Crippen LogP contribution in [0, 0.1) is 0 Å². The zero-order valence-electron chi connectivity index (χ0n) is 13.6. The zero-order chi connectivity index (χ0) is 17.1. The molecule has 1 aromatic rings. The summed E-state index contributed by atoms with van der Waals surface area (Å²) in [7, 11) is 0. The minimum Gasteiger partial charge on any atom is -0.490 e. The normalized spacial score (nSPS) is 9.83. The molecule has 1 amide bonds. The molecule has 0 spiro atoms. The molecule has 6 heteroatoms. The average molecular weight is 323 g/mol. The van der Waals surface area contributed by atoms with Crippen molar-refractivity contribution < 1.29 is 25.2 Å². The van der Waals surface area contributed by atoms with E-state index in [1.54, 1.807) is 6.92 Å². The lowest BCUT2D eigenvalue weighted by Gasteiger charge is -2.09. The summed E-state index contributed by atoms with van der Waals surface area (Å²) in [6, 6.07) is 7.76. The third-order valence-electron chi connectivity index (χ3n) is 2.87. The Labute approximate surface area is 137 Å². The Bertz CT molecular complexity index is 530. The molecule has 128 valence electrons. The second-order valence-corrected chi connectivity index (χ2v) is 4.82. The van der Waals surface area contributed by atoms with E-state index in [9.17, 15) is 9.59 Å². The minimum atomic E-state index is -0.582. The summed E-state index contributed by atoms with van der Waals surface area (Å²) in [5.41, 5.74) is 1.55. The summed E-state index contributed by atoms with van der Waals surface area (Å²) in [6.45, 7) is 7.74. The molecule has 0 heterocycles. The third-order valence-corrected chi connectivity index (χ3v) is 2.87. The fraction of sp³-hybridized carbons (Fsp3) is 0.412. The molecule has 0 unspecified atom stereocenters. The van der Waals surface area contributed by atoms with E-state index in [0.717, 1.165) is 12.2 Å². The van der Waals surface area contributed by atoms with Crippen molar-refractivity contribution in [3.63, 3.8) is 0 Å². The van der Waals surface area contributed by atoms with E-state index in [2.05, 4.69) is 18.8 Å². The molecule has 0 atom stereocenters. The van der Waals surface area contributed by atoms with Gasteiger partial charge in [0.05, 0.1) is 6.54 Å². The highest BCUT2D eigenvalue weighted by Gasteiger charge is 2.04. The minimum absolute atomic E-state index is 0. The second-order valence-electron chi connectivity index (χ2n) is 4.82. The van der Waals surface area contributed by atoms with Gasteiger partial charge in [-0.1, -0.05) is 25.6 Å².